The number of benzene rings is 2. The molecule has 1 atom stereocenters. The average Bonchev–Trinajstić information content (AvgIpc) is 3.12. The lowest BCUT2D eigenvalue weighted by Gasteiger charge is -2.21. The van der Waals surface area contributed by atoms with Gasteiger partial charge in [0.15, 0.2) is 0 Å². The van der Waals surface area contributed by atoms with Crippen LogP contribution < -0.4 is 10.3 Å². The predicted molar refractivity (Wildman–Crippen MR) is 107 cm³/mol. The summed E-state index contributed by atoms with van der Waals surface area (Å²) in [6, 6.07) is 15.3. The molecule has 1 aliphatic rings. The molecule has 0 saturated carbocycles. The Morgan fingerprint density at radius 3 is 2.86 bits per heavy atom. The third-order valence-corrected chi connectivity index (χ3v) is 5.14. The first-order valence-electron chi connectivity index (χ1n) is 9.54. The number of hydrogen-bond donors (Lipinski definition) is 0. The van der Waals surface area contributed by atoms with E-state index < -0.39 is 0 Å². The van der Waals surface area contributed by atoms with E-state index in [1.54, 1.807) is 28.9 Å². The van der Waals surface area contributed by atoms with Gasteiger partial charge < -0.3 is 9.64 Å². The molecule has 0 saturated heterocycles. The number of para-hydroxylation sites is 2. The standard InChI is InChI=1S/C22H23N3O3/c1-24(14-17-13-16-7-2-5-10-20(16)28-17)21(26)11-6-12-25-15-23-19-9-4-3-8-18(19)22(25)27/h2-5,7-10,15,17H,6,11-14H2,1H3. The highest BCUT2D eigenvalue weighted by atomic mass is 16.5. The summed E-state index contributed by atoms with van der Waals surface area (Å²) in [7, 11) is 1.80. The van der Waals surface area contributed by atoms with Gasteiger partial charge in [-0.25, -0.2) is 4.98 Å². The lowest BCUT2D eigenvalue weighted by Crippen LogP contribution is -2.36. The molecular formula is C22H23N3O3. The van der Waals surface area contributed by atoms with Gasteiger partial charge in [-0.3, -0.25) is 14.2 Å². The van der Waals surface area contributed by atoms with E-state index in [1.807, 2.05) is 36.4 Å². The molecule has 1 amide bonds. The van der Waals surface area contributed by atoms with E-state index in [0.29, 0.717) is 36.8 Å². The van der Waals surface area contributed by atoms with Crippen molar-refractivity contribution in [2.75, 3.05) is 13.6 Å². The molecule has 0 spiro atoms. The first-order valence-corrected chi connectivity index (χ1v) is 9.54. The molecule has 1 unspecified atom stereocenters. The molecule has 0 fully saturated rings. The molecule has 1 aromatic heterocycles. The van der Waals surface area contributed by atoms with E-state index in [4.69, 9.17) is 4.74 Å². The summed E-state index contributed by atoms with van der Waals surface area (Å²) in [5.41, 5.74) is 1.82. The van der Waals surface area contributed by atoms with Gasteiger partial charge in [0.2, 0.25) is 5.91 Å². The Morgan fingerprint density at radius 2 is 2.00 bits per heavy atom. The summed E-state index contributed by atoms with van der Waals surface area (Å²) >= 11 is 0. The number of aromatic nitrogens is 2. The Bertz CT molecular complexity index is 1040. The minimum Gasteiger partial charge on any atom is -0.488 e. The van der Waals surface area contributed by atoms with Crippen LogP contribution in [-0.4, -0.2) is 40.1 Å². The normalized spacial score (nSPS) is 15.2. The van der Waals surface area contributed by atoms with E-state index in [0.717, 1.165) is 12.2 Å². The summed E-state index contributed by atoms with van der Waals surface area (Å²) in [6.07, 6.45) is 3.36. The molecule has 0 radical (unpaired) electrons. The fourth-order valence-electron chi connectivity index (χ4n) is 3.62. The van der Waals surface area contributed by atoms with Crippen molar-refractivity contribution in [3.05, 3.63) is 70.8 Å². The van der Waals surface area contributed by atoms with Crippen LogP contribution >= 0.6 is 0 Å². The second-order valence-corrected chi connectivity index (χ2v) is 7.19. The van der Waals surface area contributed by atoms with Crippen LogP contribution in [0.5, 0.6) is 5.75 Å². The molecule has 0 bridgehead atoms. The van der Waals surface area contributed by atoms with Crippen molar-refractivity contribution in [2.24, 2.45) is 0 Å². The van der Waals surface area contributed by atoms with Crippen molar-refractivity contribution in [1.82, 2.24) is 14.5 Å². The Morgan fingerprint density at radius 1 is 1.21 bits per heavy atom. The van der Waals surface area contributed by atoms with Crippen LogP contribution in [0.4, 0.5) is 0 Å². The number of rotatable bonds is 6. The second kappa shape index (κ2) is 7.84. The van der Waals surface area contributed by atoms with Crippen molar-refractivity contribution in [2.45, 2.75) is 31.9 Å². The van der Waals surface area contributed by atoms with E-state index in [-0.39, 0.29) is 17.6 Å². The van der Waals surface area contributed by atoms with E-state index in [2.05, 4.69) is 11.1 Å². The summed E-state index contributed by atoms with van der Waals surface area (Å²) in [5.74, 6) is 0.970. The smallest absolute Gasteiger partial charge is 0.261 e. The summed E-state index contributed by atoms with van der Waals surface area (Å²) < 4.78 is 7.49. The van der Waals surface area contributed by atoms with Gasteiger partial charge in [-0.15, -0.1) is 0 Å². The van der Waals surface area contributed by atoms with Crippen molar-refractivity contribution in [3.63, 3.8) is 0 Å². The van der Waals surface area contributed by atoms with Crippen LogP contribution in [0.2, 0.25) is 0 Å². The van der Waals surface area contributed by atoms with Gasteiger partial charge in [-0.05, 0) is 30.2 Å². The first kappa shape index (κ1) is 18.2. The highest BCUT2D eigenvalue weighted by Gasteiger charge is 2.24. The molecule has 0 N–H and O–H groups in total. The number of amides is 1. The molecule has 4 rings (SSSR count). The van der Waals surface area contributed by atoms with Crippen LogP contribution in [0.25, 0.3) is 10.9 Å². The number of hydrogen-bond acceptors (Lipinski definition) is 4. The van der Waals surface area contributed by atoms with Crippen LogP contribution in [0, 0.1) is 0 Å². The Hall–Kier alpha value is -3.15. The number of carbonyl (C=O) groups excluding carboxylic acids is 1. The third-order valence-electron chi connectivity index (χ3n) is 5.14. The van der Waals surface area contributed by atoms with Crippen LogP contribution in [0.3, 0.4) is 0 Å². The molecule has 2 heterocycles. The second-order valence-electron chi connectivity index (χ2n) is 7.19. The Balaban J connectivity index is 1.29. The quantitative estimate of drug-likeness (QED) is 0.662. The van der Waals surface area contributed by atoms with Crippen LogP contribution in [0.1, 0.15) is 18.4 Å². The summed E-state index contributed by atoms with van der Waals surface area (Å²) in [5, 5.41) is 0.603. The maximum Gasteiger partial charge on any atom is 0.261 e. The number of aryl methyl sites for hydroxylation is 1. The van der Waals surface area contributed by atoms with Gasteiger partial charge >= 0.3 is 0 Å². The highest BCUT2D eigenvalue weighted by molar-refractivity contribution is 5.77. The predicted octanol–water partition coefficient (Wildman–Crippen LogP) is 2.64. The van der Waals surface area contributed by atoms with Crippen LogP contribution in [0.15, 0.2) is 59.7 Å². The van der Waals surface area contributed by atoms with Crippen LogP contribution in [-0.2, 0) is 17.8 Å². The van der Waals surface area contributed by atoms with Gasteiger partial charge in [0.1, 0.15) is 11.9 Å². The molecule has 28 heavy (non-hydrogen) atoms. The minimum absolute atomic E-state index is 0.00124. The fourth-order valence-corrected chi connectivity index (χ4v) is 3.62. The van der Waals surface area contributed by atoms with E-state index in [1.165, 1.54) is 5.56 Å². The van der Waals surface area contributed by atoms with Crippen molar-refractivity contribution < 1.29 is 9.53 Å². The van der Waals surface area contributed by atoms with E-state index in [9.17, 15) is 9.59 Å². The van der Waals surface area contributed by atoms with Crippen molar-refractivity contribution in [1.29, 1.82) is 0 Å². The largest absolute Gasteiger partial charge is 0.488 e. The van der Waals surface area contributed by atoms with E-state index >= 15 is 0 Å². The molecule has 1 aliphatic heterocycles. The van der Waals surface area contributed by atoms with Gasteiger partial charge in [-0.1, -0.05) is 30.3 Å². The zero-order valence-corrected chi connectivity index (χ0v) is 15.9. The van der Waals surface area contributed by atoms with Gasteiger partial charge in [0, 0.05) is 26.4 Å². The lowest BCUT2D eigenvalue weighted by atomic mass is 10.1. The monoisotopic (exact) mass is 377 g/mol. The molecule has 3 aromatic rings. The van der Waals surface area contributed by atoms with Gasteiger partial charge in [-0.2, -0.15) is 0 Å². The first-order chi connectivity index (χ1) is 13.6. The molecule has 2 aromatic carbocycles. The maximum absolute atomic E-state index is 12.5. The highest BCUT2D eigenvalue weighted by Crippen LogP contribution is 2.28. The summed E-state index contributed by atoms with van der Waals surface area (Å²) in [4.78, 5) is 31.0. The van der Waals surface area contributed by atoms with Gasteiger partial charge in [0.05, 0.1) is 23.8 Å². The number of likely N-dealkylation sites (N-methyl/N-ethyl adjacent to an activating group) is 1. The topological polar surface area (TPSA) is 64.4 Å². The molecule has 144 valence electrons. The SMILES string of the molecule is CN(CC1Cc2ccccc2O1)C(=O)CCCn1cnc2ccccc2c1=O. The van der Waals surface area contributed by atoms with Gasteiger partial charge in [0.25, 0.3) is 5.56 Å². The molecular weight excluding hydrogens is 354 g/mol. The minimum atomic E-state index is -0.0662. The maximum atomic E-state index is 12.5. The zero-order valence-electron chi connectivity index (χ0n) is 15.9. The Labute approximate surface area is 163 Å². The lowest BCUT2D eigenvalue weighted by molar-refractivity contribution is -0.131. The third kappa shape index (κ3) is 3.76. The average molecular weight is 377 g/mol. The summed E-state index contributed by atoms with van der Waals surface area (Å²) in [6.45, 7) is 1.03. The number of fused-ring (bicyclic) bond motifs is 2. The van der Waals surface area contributed by atoms with Crippen molar-refractivity contribution >= 4 is 16.8 Å². The number of ether oxygens (including phenoxy) is 1. The fraction of sp³-hybridized carbons (Fsp3) is 0.318. The molecule has 6 heteroatoms. The van der Waals surface area contributed by atoms with Crippen molar-refractivity contribution in [3.8, 4) is 5.75 Å². The molecule has 0 aliphatic carbocycles. The zero-order chi connectivity index (χ0) is 19.5. The molecule has 6 nitrogen and oxygen atoms in total. The number of carbonyl (C=O) groups is 1. The Kier molecular flexibility index (Phi) is 5.10. The number of nitrogens with zero attached hydrogens (tertiary/aromatic N) is 3.